The first-order valence-corrected chi connectivity index (χ1v) is 5.70. The summed E-state index contributed by atoms with van der Waals surface area (Å²) in [5.74, 6) is -0.413. The third-order valence-corrected chi connectivity index (χ3v) is 4.07. The molecule has 2 rings (SSSR count). The van der Waals surface area contributed by atoms with Crippen LogP contribution < -0.4 is 5.73 Å². The number of hydrogen-bond donors (Lipinski definition) is 1. The van der Waals surface area contributed by atoms with Crippen molar-refractivity contribution in [3.8, 4) is 0 Å². The number of nitrogens with zero attached hydrogens (tertiary/aromatic N) is 1. The van der Waals surface area contributed by atoms with E-state index in [1.807, 2.05) is 24.3 Å². The zero-order valence-electron chi connectivity index (χ0n) is 7.11. The number of para-hydroxylation sites is 1. The second kappa shape index (κ2) is 3.67. The van der Waals surface area contributed by atoms with Crippen molar-refractivity contribution in [2.75, 3.05) is 0 Å². The first kappa shape index (κ1) is 9.61. The minimum atomic E-state index is -0.486. The molecule has 2 aromatic rings. The molecule has 0 radical (unpaired) electrons. The van der Waals surface area contributed by atoms with E-state index < -0.39 is 10.7 Å². The van der Waals surface area contributed by atoms with Crippen LogP contribution in [0.15, 0.2) is 24.3 Å². The molecular weight excluding hydrogens is 264 g/mol. The zero-order valence-corrected chi connectivity index (χ0v) is 9.51. The quantitative estimate of drug-likeness (QED) is 0.851. The summed E-state index contributed by atoms with van der Waals surface area (Å²) in [4.78, 5) is 14.7. The molecule has 0 saturated heterocycles. The normalized spacial score (nSPS) is 12.9. The molecule has 3 nitrogen and oxygen atoms in total. The van der Waals surface area contributed by atoms with Gasteiger partial charge in [-0.1, -0.05) is 28.1 Å². The lowest BCUT2D eigenvalue weighted by molar-refractivity contribution is -0.117. The second-order valence-corrected chi connectivity index (χ2v) is 4.76. The number of halogens is 1. The average molecular weight is 271 g/mol. The molecular formula is C9H7BrN2OS. The number of nitrogens with two attached hydrogens (primary N) is 1. The molecule has 1 aromatic carbocycles. The molecule has 72 valence electrons. The number of hydrogen-bond acceptors (Lipinski definition) is 3. The maximum absolute atomic E-state index is 10.9. The number of amides is 1. The second-order valence-electron chi connectivity index (χ2n) is 2.78. The molecule has 0 bridgehead atoms. The van der Waals surface area contributed by atoms with Crippen LogP contribution in [0, 0.1) is 0 Å². The summed E-state index contributed by atoms with van der Waals surface area (Å²) < 4.78 is 1.06. The fourth-order valence-corrected chi connectivity index (χ4v) is 2.46. The zero-order chi connectivity index (χ0) is 10.1. The Hall–Kier alpha value is -0.940. The molecule has 0 saturated carbocycles. The summed E-state index contributed by atoms with van der Waals surface area (Å²) in [5, 5.41) is 0.707. The molecule has 0 aliphatic rings. The largest absolute Gasteiger partial charge is 0.368 e. The molecule has 0 aliphatic heterocycles. The highest BCUT2D eigenvalue weighted by Crippen LogP contribution is 2.30. The van der Waals surface area contributed by atoms with Crippen molar-refractivity contribution >= 4 is 43.4 Å². The molecule has 1 unspecified atom stereocenters. The Balaban J connectivity index is 2.50. The van der Waals surface area contributed by atoms with E-state index in [1.54, 1.807) is 0 Å². The molecule has 1 aromatic heterocycles. The smallest absolute Gasteiger partial charge is 0.238 e. The molecule has 0 fully saturated rings. The van der Waals surface area contributed by atoms with Gasteiger partial charge in [-0.05, 0) is 12.1 Å². The predicted molar refractivity (Wildman–Crippen MR) is 60.5 cm³/mol. The van der Waals surface area contributed by atoms with Gasteiger partial charge in [-0.3, -0.25) is 4.79 Å². The molecule has 0 spiro atoms. The van der Waals surface area contributed by atoms with Crippen LogP contribution in [-0.2, 0) is 4.79 Å². The fourth-order valence-electron chi connectivity index (χ4n) is 1.12. The number of primary amides is 1. The van der Waals surface area contributed by atoms with Gasteiger partial charge in [0.15, 0.2) is 0 Å². The summed E-state index contributed by atoms with van der Waals surface area (Å²) in [5.41, 5.74) is 6.07. The number of alkyl halides is 1. The topological polar surface area (TPSA) is 56.0 Å². The number of aromatic nitrogens is 1. The van der Waals surface area contributed by atoms with E-state index >= 15 is 0 Å². The van der Waals surface area contributed by atoms with Gasteiger partial charge in [0.25, 0.3) is 0 Å². The summed E-state index contributed by atoms with van der Waals surface area (Å²) in [6, 6.07) is 7.74. The SMILES string of the molecule is NC(=O)C(Br)c1nc2ccccc2s1. The number of carbonyl (C=O) groups is 1. The van der Waals surface area contributed by atoms with E-state index in [-0.39, 0.29) is 0 Å². The van der Waals surface area contributed by atoms with Gasteiger partial charge in [-0.25, -0.2) is 4.98 Å². The highest BCUT2D eigenvalue weighted by atomic mass is 79.9. The van der Waals surface area contributed by atoms with Gasteiger partial charge >= 0.3 is 0 Å². The van der Waals surface area contributed by atoms with Gasteiger partial charge in [-0.15, -0.1) is 11.3 Å². The Bertz CT molecular complexity index is 449. The highest BCUT2D eigenvalue weighted by Gasteiger charge is 2.17. The van der Waals surface area contributed by atoms with Crippen molar-refractivity contribution in [2.24, 2.45) is 5.73 Å². The maximum Gasteiger partial charge on any atom is 0.238 e. The van der Waals surface area contributed by atoms with E-state index in [2.05, 4.69) is 20.9 Å². The molecule has 1 amide bonds. The number of carbonyl (C=O) groups excluding carboxylic acids is 1. The minimum absolute atomic E-state index is 0.413. The van der Waals surface area contributed by atoms with E-state index in [0.29, 0.717) is 5.01 Å². The number of fused-ring (bicyclic) bond motifs is 1. The van der Waals surface area contributed by atoms with Gasteiger partial charge in [0.1, 0.15) is 9.83 Å². The lowest BCUT2D eigenvalue weighted by Gasteiger charge is -1.97. The van der Waals surface area contributed by atoms with Crippen LogP contribution in [0.4, 0.5) is 0 Å². The van der Waals surface area contributed by atoms with Crippen LogP contribution in [-0.4, -0.2) is 10.9 Å². The summed E-state index contributed by atoms with van der Waals surface area (Å²) in [6.45, 7) is 0. The number of thiazole rings is 1. The molecule has 0 aliphatic carbocycles. The van der Waals surface area contributed by atoms with E-state index in [4.69, 9.17) is 5.73 Å². The predicted octanol–water partition coefficient (Wildman–Crippen LogP) is 2.22. The van der Waals surface area contributed by atoms with Crippen molar-refractivity contribution in [3.05, 3.63) is 29.3 Å². The van der Waals surface area contributed by atoms with E-state index in [0.717, 1.165) is 10.2 Å². The first-order valence-electron chi connectivity index (χ1n) is 3.97. The Morgan fingerprint density at radius 2 is 2.21 bits per heavy atom. The highest BCUT2D eigenvalue weighted by molar-refractivity contribution is 9.09. The molecule has 14 heavy (non-hydrogen) atoms. The average Bonchev–Trinajstić information content (AvgIpc) is 2.59. The Morgan fingerprint density at radius 1 is 1.50 bits per heavy atom. The van der Waals surface area contributed by atoms with Crippen molar-refractivity contribution in [3.63, 3.8) is 0 Å². The van der Waals surface area contributed by atoms with Crippen molar-refractivity contribution in [1.29, 1.82) is 0 Å². The van der Waals surface area contributed by atoms with Crippen LogP contribution in [0.1, 0.15) is 9.83 Å². The van der Waals surface area contributed by atoms with Crippen LogP contribution >= 0.6 is 27.3 Å². The van der Waals surface area contributed by atoms with Gasteiger partial charge in [0, 0.05) is 0 Å². The summed E-state index contributed by atoms with van der Waals surface area (Å²) in [6.07, 6.45) is 0. The summed E-state index contributed by atoms with van der Waals surface area (Å²) >= 11 is 4.68. The lowest BCUT2D eigenvalue weighted by Crippen LogP contribution is -2.16. The van der Waals surface area contributed by atoms with Crippen LogP contribution in [0.5, 0.6) is 0 Å². The molecule has 1 atom stereocenters. The lowest BCUT2D eigenvalue weighted by atomic mass is 10.3. The van der Waals surface area contributed by atoms with Gasteiger partial charge in [-0.2, -0.15) is 0 Å². The molecule has 1 heterocycles. The van der Waals surface area contributed by atoms with Crippen molar-refractivity contribution in [2.45, 2.75) is 4.83 Å². The molecule has 2 N–H and O–H groups in total. The Kier molecular flexibility index (Phi) is 2.52. The van der Waals surface area contributed by atoms with Crippen LogP contribution in [0.3, 0.4) is 0 Å². The van der Waals surface area contributed by atoms with Gasteiger partial charge in [0.2, 0.25) is 5.91 Å². The fraction of sp³-hybridized carbons (Fsp3) is 0.111. The van der Waals surface area contributed by atoms with Crippen LogP contribution in [0.2, 0.25) is 0 Å². The van der Waals surface area contributed by atoms with Crippen LogP contribution in [0.25, 0.3) is 10.2 Å². The minimum Gasteiger partial charge on any atom is -0.368 e. The maximum atomic E-state index is 10.9. The monoisotopic (exact) mass is 270 g/mol. The standard InChI is InChI=1S/C9H7BrN2OS/c10-7(8(11)13)9-12-5-3-1-2-4-6(5)14-9/h1-4,7H,(H2,11,13). The van der Waals surface area contributed by atoms with E-state index in [1.165, 1.54) is 11.3 Å². The van der Waals surface area contributed by atoms with Crippen molar-refractivity contribution in [1.82, 2.24) is 4.98 Å². The third-order valence-electron chi connectivity index (χ3n) is 1.78. The number of benzene rings is 1. The Morgan fingerprint density at radius 3 is 2.86 bits per heavy atom. The number of rotatable bonds is 2. The van der Waals surface area contributed by atoms with Gasteiger partial charge < -0.3 is 5.73 Å². The third kappa shape index (κ3) is 1.65. The van der Waals surface area contributed by atoms with Gasteiger partial charge in [0.05, 0.1) is 10.2 Å². The van der Waals surface area contributed by atoms with E-state index in [9.17, 15) is 4.79 Å². The Labute approximate surface area is 93.1 Å². The molecule has 5 heteroatoms. The summed E-state index contributed by atoms with van der Waals surface area (Å²) in [7, 11) is 0. The van der Waals surface area contributed by atoms with Crippen molar-refractivity contribution < 1.29 is 4.79 Å². The first-order chi connectivity index (χ1) is 6.68.